The second-order valence-electron chi connectivity index (χ2n) is 5.95. The number of nitrogens with zero attached hydrogens (tertiary/aromatic N) is 1. The van der Waals surface area contributed by atoms with Gasteiger partial charge in [0.25, 0.3) is 5.91 Å². The van der Waals surface area contributed by atoms with Crippen LogP contribution in [-0.2, 0) is 0 Å². The zero-order valence-electron chi connectivity index (χ0n) is 12.1. The lowest BCUT2D eigenvalue weighted by molar-refractivity contribution is 0.0667. The topological polar surface area (TPSA) is 46.3 Å². The van der Waals surface area contributed by atoms with Crippen molar-refractivity contribution in [2.24, 2.45) is 11.8 Å². The fraction of sp³-hybridized carbons (Fsp3) is 0.562. The second kappa shape index (κ2) is 5.64. The molecule has 0 atom stereocenters. The van der Waals surface area contributed by atoms with E-state index in [1.54, 1.807) is 6.07 Å². The van der Waals surface area contributed by atoms with Crippen molar-refractivity contribution in [1.82, 2.24) is 4.90 Å². The van der Waals surface area contributed by atoms with Crippen LogP contribution in [0.3, 0.4) is 0 Å². The molecule has 2 rings (SSSR count). The van der Waals surface area contributed by atoms with Crippen molar-refractivity contribution in [1.29, 1.82) is 0 Å². The Morgan fingerprint density at radius 2 is 1.95 bits per heavy atom. The van der Waals surface area contributed by atoms with Crippen molar-refractivity contribution in [3.05, 3.63) is 29.3 Å². The predicted molar refractivity (Wildman–Crippen MR) is 79.1 cm³/mol. The lowest BCUT2D eigenvalue weighted by Gasteiger charge is -2.34. The Morgan fingerprint density at radius 1 is 1.32 bits per heavy atom. The van der Waals surface area contributed by atoms with Gasteiger partial charge in [-0.1, -0.05) is 19.9 Å². The Labute approximate surface area is 115 Å². The van der Waals surface area contributed by atoms with E-state index in [4.69, 9.17) is 5.73 Å². The average molecular weight is 260 g/mol. The largest absolute Gasteiger partial charge is 0.399 e. The molecule has 0 spiro atoms. The molecule has 19 heavy (non-hydrogen) atoms. The van der Waals surface area contributed by atoms with E-state index in [9.17, 15) is 4.79 Å². The summed E-state index contributed by atoms with van der Waals surface area (Å²) in [7, 11) is 0. The van der Waals surface area contributed by atoms with Gasteiger partial charge in [0.2, 0.25) is 0 Å². The van der Waals surface area contributed by atoms with Gasteiger partial charge in [-0.25, -0.2) is 0 Å². The monoisotopic (exact) mass is 260 g/mol. The number of carbonyl (C=O) groups excluding carboxylic acids is 1. The molecule has 2 N–H and O–H groups in total. The summed E-state index contributed by atoms with van der Waals surface area (Å²) >= 11 is 0. The Balaban J connectivity index is 2.07. The van der Waals surface area contributed by atoms with E-state index in [2.05, 4.69) is 13.8 Å². The number of piperidine rings is 1. The fourth-order valence-corrected chi connectivity index (χ4v) is 2.81. The first-order valence-electron chi connectivity index (χ1n) is 7.14. The van der Waals surface area contributed by atoms with Gasteiger partial charge in [0.1, 0.15) is 0 Å². The molecule has 1 aliphatic heterocycles. The number of benzene rings is 1. The van der Waals surface area contributed by atoms with Gasteiger partial charge in [-0.3, -0.25) is 4.79 Å². The van der Waals surface area contributed by atoms with E-state index in [1.807, 2.05) is 24.0 Å². The number of hydrogen-bond acceptors (Lipinski definition) is 2. The maximum absolute atomic E-state index is 12.5. The summed E-state index contributed by atoms with van der Waals surface area (Å²) < 4.78 is 0. The van der Waals surface area contributed by atoms with Gasteiger partial charge in [0.15, 0.2) is 0 Å². The molecule has 0 aromatic heterocycles. The summed E-state index contributed by atoms with van der Waals surface area (Å²) in [5, 5.41) is 0. The molecule has 1 saturated heterocycles. The van der Waals surface area contributed by atoms with E-state index in [0.29, 0.717) is 11.6 Å². The molecule has 0 bridgehead atoms. The van der Waals surface area contributed by atoms with Crippen LogP contribution < -0.4 is 5.73 Å². The highest BCUT2D eigenvalue weighted by Crippen LogP contribution is 2.26. The van der Waals surface area contributed by atoms with Crippen molar-refractivity contribution >= 4 is 11.6 Å². The second-order valence-corrected chi connectivity index (χ2v) is 5.95. The van der Waals surface area contributed by atoms with Gasteiger partial charge in [-0.2, -0.15) is 0 Å². The van der Waals surface area contributed by atoms with E-state index >= 15 is 0 Å². The molecule has 0 radical (unpaired) electrons. The summed E-state index contributed by atoms with van der Waals surface area (Å²) in [5.41, 5.74) is 8.20. The molecule has 0 saturated carbocycles. The quantitative estimate of drug-likeness (QED) is 0.831. The maximum atomic E-state index is 12.5. The first-order chi connectivity index (χ1) is 8.99. The summed E-state index contributed by atoms with van der Waals surface area (Å²) in [5.74, 6) is 1.60. The van der Waals surface area contributed by atoms with Crippen LogP contribution in [0.25, 0.3) is 0 Å². The van der Waals surface area contributed by atoms with Gasteiger partial charge in [0.05, 0.1) is 0 Å². The molecule has 3 heteroatoms. The third kappa shape index (κ3) is 3.09. The molecule has 0 aliphatic carbocycles. The standard InChI is InChI=1S/C16H24N2O/c1-11(2)13-6-8-18(9-7-13)16(19)15-10-14(17)5-4-12(15)3/h4-5,10-11,13H,6-9,17H2,1-3H3. The maximum Gasteiger partial charge on any atom is 0.254 e. The number of carbonyl (C=O) groups is 1. The van der Waals surface area contributed by atoms with Gasteiger partial charge < -0.3 is 10.6 Å². The number of rotatable bonds is 2. The van der Waals surface area contributed by atoms with Gasteiger partial charge >= 0.3 is 0 Å². The zero-order chi connectivity index (χ0) is 14.0. The van der Waals surface area contributed by atoms with Gasteiger partial charge in [0, 0.05) is 24.3 Å². The number of likely N-dealkylation sites (tertiary alicyclic amines) is 1. The third-order valence-electron chi connectivity index (χ3n) is 4.26. The number of nitrogen functional groups attached to an aromatic ring is 1. The number of hydrogen-bond donors (Lipinski definition) is 1. The highest BCUT2D eigenvalue weighted by Gasteiger charge is 2.25. The normalized spacial score (nSPS) is 16.9. The van der Waals surface area contributed by atoms with E-state index < -0.39 is 0 Å². The molecule has 1 aromatic rings. The Bertz CT molecular complexity index is 460. The van der Waals surface area contributed by atoms with Crippen LogP contribution in [0.2, 0.25) is 0 Å². The molecular formula is C16H24N2O. The minimum absolute atomic E-state index is 0.131. The summed E-state index contributed by atoms with van der Waals surface area (Å²) in [6.07, 6.45) is 2.23. The van der Waals surface area contributed by atoms with E-state index in [0.717, 1.165) is 43.0 Å². The average Bonchev–Trinajstić information content (AvgIpc) is 2.41. The van der Waals surface area contributed by atoms with Crippen molar-refractivity contribution in [2.45, 2.75) is 33.6 Å². The summed E-state index contributed by atoms with van der Waals surface area (Å²) in [4.78, 5) is 14.5. The smallest absolute Gasteiger partial charge is 0.254 e. The van der Waals surface area contributed by atoms with E-state index in [1.165, 1.54) is 0 Å². The van der Waals surface area contributed by atoms with Crippen molar-refractivity contribution < 1.29 is 4.79 Å². The molecule has 1 fully saturated rings. The van der Waals surface area contributed by atoms with Crippen molar-refractivity contribution in [3.63, 3.8) is 0 Å². The highest BCUT2D eigenvalue weighted by molar-refractivity contribution is 5.96. The molecule has 0 unspecified atom stereocenters. The van der Waals surface area contributed by atoms with Crippen molar-refractivity contribution in [2.75, 3.05) is 18.8 Å². The number of anilines is 1. The van der Waals surface area contributed by atoms with Crippen LogP contribution in [0.4, 0.5) is 5.69 Å². The lowest BCUT2D eigenvalue weighted by atomic mass is 9.86. The first kappa shape index (κ1) is 13.9. The van der Waals surface area contributed by atoms with Gasteiger partial charge in [-0.15, -0.1) is 0 Å². The lowest BCUT2D eigenvalue weighted by Crippen LogP contribution is -2.39. The minimum atomic E-state index is 0.131. The SMILES string of the molecule is Cc1ccc(N)cc1C(=O)N1CCC(C(C)C)CC1. The van der Waals surface area contributed by atoms with E-state index in [-0.39, 0.29) is 5.91 Å². The van der Waals surface area contributed by atoms with Crippen LogP contribution in [0.1, 0.15) is 42.6 Å². The Kier molecular flexibility index (Phi) is 4.13. The van der Waals surface area contributed by atoms with Gasteiger partial charge in [-0.05, 0) is 49.3 Å². The minimum Gasteiger partial charge on any atom is -0.399 e. The Hall–Kier alpha value is -1.51. The Morgan fingerprint density at radius 3 is 2.53 bits per heavy atom. The molecule has 3 nitrogen and oxygen atoms in total. The fourth-order valence-electron chi connectivity index (χ4n) is 2.81. The van der Waals surface area contributed by atoms with Crippen LogP contribution >= 0.6 is 0 Å². The molecule has 1 heterocycles. The summed E-state index contributed by atoms with van der Waals surface area (Å²) in [6.45, 7) is 8.24. The molecule has 1 amide bonds. The first-order valence-corrected chi connectivity index (χ1v) is 7.14. The third-order valence-corrected chi connectivity index (χ3v) is 4.26. The van der Waals surface area contributed by atoms with Crippen LogP contribution in [-0.4, -0.2) is 23.9 Å². The van der Waals surface area contributed by atoms with Crippen LogP contribution in [0.15, 0.2) is 18.2 Å². The molecule has 1 aliphatic rings. The molecular weight excluding hydrogens is 236 g/mol. The molecule has 104 valence electrons. The predicted octanol–water partition coefficient (Wildman–Crippen LogP) is 3.09. The number of aryl methyl sites for hydroxylation is 1. The molecule has 1 aromatic carbocycles. The highest BCUT2D eigenvalue weighted by atomic mass is 16.2. The number of nitrogens with two attached hydrogens (primary N) is 1. The number of amides is 1. The van der Waals surface area contributed by atoms with Crippen molar-refractivity contribution in [3.8, 4) is 0 Å². The summed E-state index contributed by atoms with van der Waals surface area (Å²) in [6, 6.07) is 5.56. The van der Waals surface area contributed by atoms with Crippen LogP contribution in [0.5, 0.6) is 0 Å². The van der Waals surface area contributed by atoms with Crippen LogP contribution in [0, 0.1) is 18.8 Å². The zero-order valence-corrected chi connectivity index (χ0v) is 12.1.